The van der Waals surface area contributed by atoms with Gasteiger partial charge in [-0.15, -0.1) is 0 Å². The summed E-state index contributed by atoms with van der Waals surface area (Å²) in [5, 5.41) is 6.42. The van der Waals surface area contributed by atoms with Crippen molar-refractivity contribution in [2.24, 2.45) is 0 Å². The standard InChI is InChI=1S/C11H11ClN2O3/c1-6(2)8-5-9(17-14-8)13-11(15)7-3-4-16-10(7)12/h3-6H,1-2H3,(H,13,15). The van der Waals surface area contributed by atoms with Crippen LogP contribution in [0, 0.1) is 0 Å². The number of halogens is 1. The molecule has 2 aromatic rings. The number of aromatic nitrogens is 1. The molecule has 0 aliphatic carbocycles. The molecule has 5 nitrogen and oxygen atoms in total. The van der Waals surface area contributed by atoms with E-state index in [1.165, 1.54) is 12.3 Å². The molecule has 0 spiro atoms. The Labute approximate surface area is 103 Å². The van der Waals surface area contributed by atoms with Gasteiger partial charge in [0.25, 0.3) is 5.91 Å². The summed E-state index contributed by atoms with van der Waals surface area (Å²) in [4.78, 5) is 11.7. The highest BCUT2D eigenvalue weighted by Gasteiger charge is 2.15. The number of nitrogens with one attached hydrogen (secondary N) is 1. The number of carbonyl (C=O) groups is 1. The molecule has 0 saturated carbocycles. The second-order valence-corrected chi connectivity index (χ2v) is 4.18. The highest BCUT2D eigenvalue weighted by atomic mass is 35.5. The van der Waals surface area contributed by atoms with Crippen molar-refractivity contribution in [3.8, 4) is 0 Å². The van der Waals surface area contributed by atoms with Crippen LogP contribution in [0.3, 0.4) is 0 Å². The smallest absolute Gasteiger partial charge is 0.262 e. The lowest BCUT2D eigenvalue weighted by Gasteiger charge is -1.97. The van der Waals surface area contributed by atoms with Gasteiger partial charge in [-0.2, -0.15) is 0 Å². The second-order valence-electron chi connectivity index (χ2n) is 3.83. The maximum Gasteiger partial charge on any atom is 0.262 e. The minimum atomic E-state index is -0.393. The van der Waals surface area contributed by atoms with Crippen LogP contribution >= 0.6 is 11.6 Å². The fraction of sp³-hybridized carbons (Fsp3) is 0.273. The Bertz CT molecular complexity index is 530. The van der Waals surface area contributed by atoms with E-state index >= 15 is 0 Å². The molecular formula is C11H11ClN2O3. The maximum absolute atomic E-state index is 11.7. The van der Waals surface area contributed by atoms with Crippen molar-refractivity contribution < 1.29 is 13.7 Å². The SMILES string of the molecule is CC(C)c1cc(NC(=O)c2ccoc2Cl)on1. The first-order chi connectivity index (χ1) is 8.08. The Morgan fingerprint density at radius 3 is 2.82 bits per heavy atom. The average Bonchev–Trinajstić information content (AvgIpc) is 2.86. The van der Waals surface area contributed by atoms with Crippen LogP contribution in [0.4, 0.5) is 5.88 Å². The summed E-state index contributed by atoms with van der Waals surface area (Å²) in [6.07, 6.45) is 1.34. The van der Waals surface area contributed by atoms with E-state index < -0.39 is 5.91 Å². The largest absolute Gasteiger partial charge is 0.452 e. The van der Waals surface area contributed by atoms with Gasteiger partial charge in [0.2, 0.25) is 11.1 Å². The van der Waals surface area contributed by atoms with E-state index in [9.17, 15) is 4.79 Å². The topological polar surface area (TPSA) is 68.3 Å². The van der Waals surface area contributed by atoms with E-state index in [1.54, 1.807) is 6.07 Å². The second kappa shape index (κ2) is 4.63. The Hall–Kier alpha value is -1.75. The van der Waals surface area contributed by atoms with Crippen molar-refractivity contribution >= 4 is 23.4 Å². The van der Waals surface area contributed by atoms with Crippen LogP contribution < -0.4 is 5.32 Å². The van der Waals surface area contributed by atoms with E-state index in [0.29, 0.717) is 0 Å². The molecule has 1 amide bonds. The molecule has 0 aliphatic heterocycles. The molecule has 0 bridgehead atoms. The fourth-order valence-electron chi connectivity index (χ4n) is 1.25. The lowest BCUT2D eigenvalue weighted by Crippen LogP contribution is -2.10. The van der Waals surface area contributed by atoms with Crippen LogP contribution in [0.2, 0.25) is 5.22 Å². The lowest BCUT2D eigenvalue weighted by atomic mass is 10.1. The molecule has 1 N–H and O–H groups in total. The third-order valence-electron chi connectivity index (χ3n) is 2.22. The van der Waals surface area contributed by atoms with Gasteiger partial charge in [-0.3, -0.25) is 10.1 Å². The summed E-state index contributed by atoms with van der Waals surface area (Å²) < 4.78 is 9.80. The molecular weight excluding hydrogens is 244 g/mol. The zero-order chi connectivity index (χ0) is 12.4. The Morgan fingerprint density at radius 1 is 1.53 bits per heavy atom. The number of hydrogen-bond acceptors (Lipinski definition) is 4. The van der Waals surface area contributed by atoms with Crippen LogP contribution in [0.5, 0.6) is 0 Å². The van der Waals surface area contributed by atoms with Gasteiger partial charge >= 0.3 is 0 Å². The number of furan rings is 1. The summed E-state index contributed by atoms with van der Waals surface area (Å²) >= 11 is 5.68. The number of hydrogen-bond donors (Lipinski definition) is 1. The molecule has 17 heavy (non-hydrogen) atoms. The molecule has 0 unspecified atom stereocenters. The fourth-order valence-corrected chi connectivity index (χ4v) is 1.46. The van der Waals surface area contributed by atoms with E-state index in [-0.39, 0.29) is 22.6 Å². The van der Waals surface area contributed by atoms with Gasteiger partial charge in [-0.25, -0.2) is 0 Å². The minimum absolute atomic E-state index is 0.0473. The highest BCUT2D eigenvalue weighted by Crippen LogP contribution is 2.20. The Morgan fingerprint density at radius 2 is 2.29 bits per heavy atom. The number of nitrogens with zero attached hydrogens (tertiary/aromatic N) is 1. The minimum Gasteiger partial charge on any atom is -0.452 e. The lowest BCUT2D eigenvalue weighted by molar-refractivity contribution is 0.102. The number of amides is 1. The highest BCUT2D eigenvalue weighted by molar-refractivity contribution is 6.32. The quantitative estimate of drug-likeness (QED) is 0.912. The van der Waals surface area contributed by atoms with Crippen molar-refractivity contribution in [1.29, 1.82) is 0 Å². The van der Waals surface area contributed by atoms with Gasteiger partial charge in [0.1, 0.15) is 0 Å². The predicted molar refractivity (Wildman–Crippen MR) is 62.3 cm³/mol. The average molecular weight is 255 g/mol. The van der Waals surface area contributed by atoms with E-state index in [0.717, 1.165) is 5.69 Å². The van der Waals surface area contributed by atoms with Crippen LogP contribution in [0.25, 0.3) is 0 Å². The normalized spacial score (nSPS) is 10.8. The third kappa shape index (κ3) is 2.50. The van der Waals surface area contributed by atoms with Crippen molar-refractivity contribution in [2.45, 2.75) is 19.8 Å². The molecule has 0 aliphatic rings. The summed E-state index contributed by atoms with van der Waals surface area (Å²) in [5.74, 6) is 0.132. The van der Waals surface area contributed by atoms with Crippen molar-refractivity contribution in [1.82, 2.24) is 5.16 Å². The van der Waals surface area contributed by atoms with Crippen LogP contribution in [-0.2, 0) is 0 Å². The van der Waals surface area contributed by atoms with Crippen molar-refractivity contribution in [2.75, 3.05) is 5.32 Å². The van der Waals surface area contributed by atoms with Gasteiger partial charge in [-0.05, 0) is 23.6 Å². The molecule has 6 heteroatoms. The third-order valence-corrected chi connectivity index (χ3v) is 2.51. The number of anilines is 1. The zero-order valence-electron chi connectivity index (χ0n) is 9.36. The summed E-state index contributed by atoms with van der Waals surface area (Å²) in [7, 11) is 0. The van der Waals surface area contributed by atoms with Gasteiger partial charge in [-0.1, -0.05) is 19.0 Å². The van der Waals surface area contributed by atoms with Gasteiger partial charge < -0.3 is 8.94 Å². The Balaban J connectivity index is 2.11. The monoisotopic (exact) mass is 254 g/mol. The molecule has 0 fully saturated rings. The first kappa shape index (κ1) is 11.7. The summed E-state index contributed by atoms with van der Waals surface area (Å²) in [6, 6.07) is 3.16. The number of rotatable bonds is 3. The molecule has 2 rings (SSSR count). The van der Waals surface area contributed by atoms with Crippen LogP contribution in [-0.4, -0.2) is 11.1 Å². The first-order valence-electron chi connectivity index (χ1n) is 5.09. The molecule has 0 radical (unpaired) electrons. The molecule has 0 atom stereocenters. The van der Waals surface area contributed by atoms with Gasteiger partial charge in [0, 0.05) is 6.07 Å². The summed E-state index contributed by atoms with van der Waals surface area (Å²) in [6.45, 7) is 3.97. The van der Waals surface area contributed by atoms with E-state index in [2.05, 4.69) is 10.5 Å². The zero-order valence-corrected chi connectivity index (χ0v) is 10.1. The number of carbonyl (C=O) groups excluding carboxylic acids is 1. The van der Waals surface area contributed by atoms with Crippen molar-refractivity contribution in [3.63, 3.8) is 0 Å². The Kier molecular flexibility index (Phi) is 3.19. The molecule has 2 aromatic heterocycles. The molecule has 90 valence electrons. The molecule has 0 saturated heterocycles. The van der Waals surface area contributed by atoms with Crippen LogP contribution in [0.1, 0.15) is 35.8 Å². The van der Waals surface area contributed by atoms with Crippen molar-refractivity contribution in [3.05, 3.63) is 34.9 Å². The molecule has 0 aromatic carbocycles. The van der Waals surface area contributed by atoms with Gasteiger partial charge in [0.15, 0.2) is 0 Å². The van der Waals surface area contributed by atoms with Crippen LogP contribution in [0.15, 0.2) is 27.3 Å². The van der Waals surface area contributed by atoms with E-state index in [4.69, 9.17) is 20.5 Å². The van der Waals surface area contributed by atoms with E-state index in [1.807, 2.05) is 13.8 Å². The van der Waals surface area contributed by atoms with Gasteiger partial charge in [0.05, 0.1) is 17.5 Å². The predicted octanol–water partition coefficient (Wildman–Crippen LogP) is 3.30. The molecule has 2 heterocycles. The summed E-state index contributed by atoms with van der Waals surface area (Å²) in [5.41, 5.74) is 1.03. The first-order valence-corrected chi connectivity index (χ1v) is 5.46. The maximum atomic E-state index is 11.7.